The number of methoxy groups -OCH3 is 1. The second-order valence-corrected chi connectivity index (χ2v) is 5.78. The largest absolute Gasteiger partial charge is 0.496 e. The van der Waals surface area contributed by atoms with Crippen LogP contribution >= 0.6 is 0 Å². The summed E-state index contributed by atoms with van der Waals surface area (Å²) >= 11 is 0. The molecule has 0 spiro atoms. The number of ether oxygens (including phenoxy) is 1. The van der Waals surface area contributed by atoms with E-state index < -0.39 is 5.91 Å². The smallest absolute Gasteiger partial charge is 0.252 e. The molecule has 0 aliphatic rings. The average molecular weight is 327 g/mol. The monoisotopic (exact) mass is 327 g/mol. The third-order valence-electron chi connectivity index (χ3n) is 3.81. The summed E-state index contributed by atoms with van der Waals surface area (Å²) in [6, 6.07) is 15.8. The highest BCUT2D eigenvalue weighted by molar-refractivity contribution is 5.96. The fourth-order valence-electron chi connectivity index (χ4n) is 2.56. The normalized spacial score (nSPS) is 10.6. The molecule has 2 aromatic rings. The van der Waals surface area contributed by atoms with E-state index in [2.05, 4.69) is 41.5 Å². The Balaban J connectivity index is 1.77. The van der Waals surface area contributed by atoms with Crippen molar-refractivity contribution in [3.8, 4) is 5.75 Å². The zero-order valence-electron chi connectivity index (χ0n) is 14.3. The highest BCUT2D eigenvalue weighted by atomic mass is 16.5. The van der Waals surface area contributed by atoms with Crippen LogP contribution in [0, 0.1) is 0 Å². The van der Waals surface area contributed by atoms with E-state index in [-0.39, 0.29) is 0 Å². The number of benzene rings is 2. The standard InChI is InChI=1S/C19H25N3O2/c1-22(14-15-7-4-3-5-8-15)12-6-11-21-16-9-10-17(19(20)23)18(13-16)24-2/h3-5,7-10,13,21H,6,11-12,14H2,1-2H3,(H2,20,23). The van der Waals surface area contributed by atoms with Gasteiger partial charge in [-0.1, -0.05) is 30.3 Å². The number of carbonyl (C=O) groups excluding carboxylic acids is 1. The van der Waals surface area contributed by atoms with Crippen molar-refractivity contribution in [3.05, 3.63) is 59.7 Å². The lowest BCUT2D eigenvalue weighted by molar-refractivity contribution is 0.0997. The molecule has 0 aromatic heterocycles. The van der Waals surface area contributed by atoms with Gasteiger partial charge in [-0.25, -0.2) is 0 Å². The maximum absolute atomic E-state index is 11.3. The topological polar surface area (TPSA) is 67.6 Å². The first-order valence-corrected chi connectivity index (χ1v) is 8.04. The van der Waals surface area contributed by atoms with Crippen molar-refractivity contribution in [1.29, 1.82) is 0 Å². The van der Waals surface area contributed by atoms with Crippen LogP contribution in [0.15, 0.2) is 48.5 Å². The van der Waals surface area contributed by atoms with E-state index in [1.54, 1.807) is 12.1 Å². The van der Waals surface area contributed by atoms with E-state index in [1.165, 1.54) is 12.7 Å². The zero-order valence-corrected chi connectivity index (χ0v) is 14.3. The molecule has 0 aliphatic carbocycles. The number of rotatable bonds is 9. The van der Waals surface area contributed by atoms with Crippen LogP contribution in [0.25, 0.3) is 0 Å². The van der Waals surface area contributed by atoms with Gasteiger partial charge in [0, 0.05) is 24.8 Å². The van der Waals surface area contributed by atoms with Gasteiger partial charge in [0.05, 0.1) is 12.7 Å². The average Bonchev–Trinajstić information content (AvgIpc) is 2.59. The van der Waals surface area contributed by atoms with Crippen molar-refractivity contribution in [2.45, 2.75) is 13.0 Å². The summed E-state index contributed by atoms with van der Waals surface area (Å²) in [6.07, 6.45) is 1.02. The van der Waals surface area contributed by atoms with Crippen molar-refractivity contribution >= 4 is 11.6 Å². The van der Waals surface area contributed by atoms with Gasteiger partial charge in [-0.15, -0.1) is 0 Å². The molecular formula is C19H25N3O2. The number of hydrogen-bond donors (Lipinski definition) is 2. The molecule has 128 valence electrons. The molecule has 0 unspecified atom stereocenters. The third kappa shape index (κ3) is 5.28. The number of carbonyl (C=O) groups is 1. The summed E-state index contributed by atoms with van der Waals surface area (Å²) in [5, 5.41) is 3.35. The quantitative estimate of drug-likeness (QED) is 0.695. The second-order valence-electron chi connectivity index (χ2n) is 5.78. The molecule has 5 heteroatoms. The van der Waals surface area contributed by atoms with Crippen molar-refractivity contribution in [2.75, 3.05) is 32.6 Å². The van der Waals surface area contributed by atoms with E-state index in [0.29, 0.717) is 11.3 Å². The molecule has 3 N–H and O–H groups in total. The minimum Gasteiger partial charge on any atom is -0.496 e. The van der Waals surface area contributed by atoms with Crippen LogP contribution < -0.4 is 15.8 Å². The molecule has 1 amide bonds. The number of anilines is 1. The molecule has 0 fully saturated rings. The summed E-state index contributed by atoms with van der Waals surface area (Å²) in [5.74, 6) is 0.00892. The van der Waals surface area contributed by atoms with E-state index in [9.17, 15) is 4.79 Å². The highest BCUT2D eigenvalue weighted by Crippen LogP contribution is 2.22. The summed E-state index contributed by atoms with van der Waals surface area (Å²) in [7, 11) is 3.65. The molecule has 5 nitrogen and oxygen atoms in total. The van der Waals surface area contributed by atoms with Gasteiger partial charge in [0.2, 0.25) is 0 Å². The van der Waals surface area contributed by atoms with Gasteiger partial charge in [-0.3, -0.25) is 4.79 Å². The summed E-state index contributed by atoms with van der Waals surface area (Å²) in [6.45, 7) is 2.79. The third-order valence-corrected chi connectivity index (χ3v) is 3.81. The lowest BCUT2D eigenvalue weighted by Gasteiger charge is -2.17. The Morgan fingerprint density at radius 1 is 1.21 bits per heavy atom. The van der Waals surface area contributed by atoms with Gasteiger partial charge in [-0.2, -0.15) is 0 Å². The van der Waals surface area contributed by atoms with Gasteiger partial charge in [0.25, 0.3) is 5.91 Å². The predicted molar refractivity (Wildman–Crippen MR) is 97.4 cm³/mol. The van der Waals surface area contributed by atoms with Crippen LogP contribution in [0.2, 0.25) is 0 Å². The maximum Gasteiger partial charge on any atom is 0.252 e. The number of nitrogens with two attached hydrogens (primary N) is 1. The number of primary amides is 1. The van der Waals surface area contributed by atoms with Crippen LogP contribution in [0.4, 0.5) is 5.69 Å². The molecule has 0 atom stereocenters. The first-order valence-electron chi connectivity index (χ1n) is 8.04. The summed E-state index contributed by atoms with van der Waals surface area (Å²) < 4.78 is 5.21. The molecule has 2 rings (SSSR count). The van der Waals surface area contributed by atoms with Crippen LogP contribution in [-0.4, -0.2) is 38.1 Å². The van der Waals surface area contributed by atoms with Crippen molar-refractivity contribution in [2.24, 2.45) is 5.73 Å². The van der Waals surface area contributed by atoms with Crippen molar-refractivity contribution < 1.29 is 9.53 Å². The minimum atomic E-state index is -0.485. The Bertz CT molecular complexity index is 659. The molecule has 2 aromatic carbocycles. The lowest BCUT2D eigenvalue weighted by Crippen LogP contribution is -2.21. The van der Waals surface area contributed by atoms with Gasteiger partial charge < -0.3 is 20.7 Å². The zero-order chi connectivity index (χ0) is 17.4. The number of hydrogen-bond acceptors (Lipinski definition) is 4. The van der Waals surface area contributed by atoms with Gasteiger partial charge in [-0.05, 0) is 37.7 Å². The van der Waals surface area contributed by atoms with Crippen LogP contribution in [-0.2, 0) is 6.54 Å². The molecule has 0 bridgehead atoms. The Morgan fingerprint density at radius 2 is 1.96 bits per heavy atom. The Morgan fingerprint density at radius 3 is 2.62 bits per heavy atom. The van der Waals surface area contributed by atoms with Crippen LogP contribution in [0.5, 0.6) is 5.75 Å². The van der Waals surface area contributed by atoms with Crippen LogP contribution in [0.1, 0.15) is 22.3 Å². The van der Waals surface area contributed by atoms with Gasteiger partial charge in [0.15, 0.2) is 0 Å². The number of amides is 1. The summed E-state index contributed by atoms with van der Waals surface area (Å²) in [5.41, 5.74) is 7.95. The van der Waals surface area contributed by atoms with E-state index in [4.69, 9.17) is 10.5 Å². The Labute approximate surface area is 143 Å². The molecule has 0 saturated heterocycles. The van der Waals surface area contributed by atoms with Gasteiger partial charge >= 0.3 is 0 Å². The van der Waals surface area contributed by atoms with Crippen molar-refractivity contribution in [1.82, 2.24) is 4.90 Å². The minimum absolute atomic E-state index is 0.394. The van der Waals surface area contributed by atoms with E-state index in [0.717, 1.165) is 31.7 Å². The highest BCUT2D eigenvalue weighted by Gasteiger charge is 2.09. The first-order chi connectivity index (χ1) is 11.6. The predicted octanol–water partition coefficient (Wildman–Crippen LogP) is 2.73. The first kappa shape index (κ1) is 17.8. The summed E-state index contributed by atoms with van der Waals surface area (Å²) in [4.78, 5) is 13.6. The fourth-order valence-corrected chi connectivity index (χ4v) is 2.56. The maximum atomic E-state index is 11.3. The SMILES string of the molecule is COc1cc(NCCCN(C)Cc2ccccc2)ccc1C(N)=O. The molecular weight excluding hydrogens is 302 g/mol. The molecule has 24 heavy (non-hydrogen) atoms. The lowest BCUT2D eigenvalue weighted by atomic mass is 10.1. The van der Waals surface area contributed by atoms with E-state index in [1.807, 2.05) is 12.1 Å². The molecule has 0 radical (unpaired) electrons. The fraction of sp³-hybridized carbons (Fsp3) is 0.316. The second kappa shape index (κ2) is 8.93. The Kier molecular flexibility index (Phi) is 6.63. The molecule has 0 heterocycles. The van der Waals surface area contributed by atoms with Crippen LogP contribution in [0.3, 0.4) is 0 Å². The molecule has 0 aliphatic heterocycles. The van der Waals surface area contributed by atoms with Gasteiger partial charge in [0.1, 0.15) is 5.75 Å². The number of nitrogens with zero attached hydrogens (tertiary/aromatic N) is 1. The van der Waals surface area contributed by atoms with Crippen molar-refractivity contribution in [3.63, 3.8) is 0 Å². The van der Waals surface area contributed by atoms with E-state index >= 15 is 0 Å². The number of nitrogens with one attached hydrogen (secondary N) is 1. The molecule has 0 saturated carbocycles. The Hall–Kier alpha value is -2.53.